The number of aromatic carboxylic acids is 1. The number of hydrogen-bond acceptors (Lipinski definition) is 4. The molecule has 0 aliphatic carbocycles. The highest BCUT2D eigenvalue weighted by Crippen LogP contribution is 2.15. The van der Waals surface area contributed by atoms with Crippen LogP contribution in [0.5, 0.6) is 5.75 Å². The average Bonchev–Trinajstić information content (AvgIpc) is 2.45. The Kier molecular flexibility index (Phi) is 3.74. The number of ether oxygens (including phenoxy) is 1. The number of pyridine rings is 1. The summed E-state index contributed by atoms with van der Waals surface area (Å²) in [6, 6.07) is 10.5. The second-order valence-corrected chi connectivity index (χ2v) is 3.77. The zero-order chi connectivity index (χ0) is 13.7. The van der Waals surface area contributed by atoms with Crippen LogP contribution in [0, 0.1) is 11.3 Å². The molecule has 1 aromatic heterocycles. The molecule has 2 rings (SSSR count). The first-order valence-electron chi connectivity index (χ1n) is 5.50. The number of carbonyl (C=O) groups is 1. The zero-order valence-electron chi connectivity index (χ0n) is 9.91. The van der Waals surface area contributed by atoms with Gasteiger partial charge in [0.15, 0.2) is 0 Å². The maximum absolute atomic E-state index is 10.8. The summed E-state index contributed by atoms with van der Waals surface area (Å²) in [5.74, 6) is -0.706. The van der Waals surface area contributed by atoms with Crippen LogP contribution in [0.4, 0.5) is 0 Å². The van der Waals surface area contributed by atoms with E-state index in [2.05, 4.69) is 11.1 Å². The van der Waals surface area contributed by atoms with Crippen LogP contribution in [-0.4, -0.2) is 16.1 Å². The van der Waals surface area contributed by atoms with E-state index >= 15 is 0 Å². The highest BCUT2D eigenvalue weighted by Gasteiger charge is 2.06. The van der Waals surface area contributed by atoms with Gasteiger partial charge in [-0.1, -0.05) is 18.2 Å². The predicted molar refractivity (Wildman–Crippen MR) is 66.7 cm³/mol. The Bertz CT molecular complexity index is 647. The molecular formula is C14H10N2O3. The molecule has 0 radical (unpaired) electrons. The smallest absolute Gasteiger partial charge is 0.337 e. The lowest BCUT2D eigenvalue weighted by atomic mass is 10.1. The first-order chi connectivity index (χ1) is 9.20. The molecule has 2 aromatic rings. The molecule has 0 saturated heterocycles. The molecule has 0 spiro atoms. The van der Waals surface area contributed by atoms with Crippen LogP contribution in [0.25, 0.3) is 0 Å². The van der Waals surface area contributed by atoms with E-state index < -0.39 is 5.97 Å². The van der Waals surface area contributed by atoms with Crippen molar-refractivity contribution >= 4 is 5.97 Å². The Labute approximate surface area is 109 Å². The van der Waals surface area contributed by atoms with Gasteiger partial charge >= 0.3 is 5.97 Å². The molecule has 0 atom stereocenters. The van der Waals surface area contributed by atoms with Gasteiger partial charge in [-0.2, -0.15) is 5.26 Å². The van der Waals surface area contributed by atoms with Crippen molar-refractivity contribution in [1.82, 2.24) is 4.98 Å². The molecule has 0 bridgehead atoms. The summed E-state index contributed by atoms with van der Waals surface area (Å²) in [4.78, 5) is 14.6. The van der Waals surface area contributed by atoms with Crippen LogP contribution in [0.2, 0.25) is 0 Å². The quantitative estimate of drug-likeness (QED) is 0.904. The van der Waals surface area contributed by atoms with Gasteiger partial charge in [0.25, 0.3) is 0 Å². The molecule has 0 saturated carbocycles. The molecule has 0 amide bonds. The minimum atomic E-state index is -1.06. The van der Waals surface area contributed by atoms with Gasteiger partial charge in [-0.25, -0.2) is 4.79 Å². The van der Waals surface area contributed by atoms with E-state index in [1.807, 2.05) is 6.07 Å². The molecule has 0 aliphatic heterocycles. The van der Waals surface area contributed by atoms with Gasteiger partial charge in [0.2, 0.25) is 0 Å². The first kappa shape index (κ1) is 12.6. The minimum Gasteiger partial charge on any atom is -0.487 e. The van der Waals surface area contributed by atoms with Gasteiger partial charge in [0, 0.05) is 11.8 Å². The summed E-state index contributed by atoms with van der Waals surface area (Å²) >= 11 is 0. The van der Waals surface area contributed by atoms with Crippen molar-refractivity contribution in [1.29, 1.82) is 5.26 Å². The van der Waals surface area contributed by atoms with Gasteiger partial charge in [-0.05, 0) is 12.1 Å². The number of hydrogen-bond donors (Lipinski definition) is 1. The van der Waals surface area contributed by atoms with Crippen molar-refractivity contribution in [2.45, 2.75) is 6.61 Å². The Balaban J connectivity index is 2.13. The van der Waals surface area contributed by atoms with Crippen LogP contribution < -0.4 is 4.74 Å². The molecule has 0 fully saturated rings. The summed E-state index contributed by atoms with van der Waals surface area (Å²) in [6.45, 7) is 0.189. The van der Waals surface area contributed by atoms with E-state index in [0.29, 0.717) is 11.3 Å². The summed E-state index contributed by atoms with van der Waals surface area (Å²) in [7, 11) is 0. The van der Waals surface area contributed by atoms with E-state index in [1.165, 1.54) is 18.5 Å². The van der Waals surface area contributed by atoms with E-state index in [-0.39, 0.29) is 12.2 Å². The van der Waals surface area contributed by atoms with E-state index in [9.17, 15) is 4.79 Å². The molecule has 1 heterocycles. The van der Waals surface area contributed by atoms with Crippen LogP contribution in [0.3, 0.4) is 0 Å². The lowest BCUT2D eigenvalue weighted by Gasteiger charge is -2.07. The molecule has 1 N–H and O–H groups in total. The van der Waals surface area contributed by atoms with Gasteiger partial charge in [-0.15, -0.1) is 0 Å². The Hall–Kier alpha value is -2.87. The number of carboxylic acid groups (broad SMARTS) is 1. The first-order valence-corrected chi connectivity index (χ1v) is 5.50. The Morgan fingerprint density at radius 3 is 2.89 bits per heavy atom. The number of aromatic nitrogens is 1. The highest BCUT2D eigenvalue weighted by molar-refractivity contribution is 5.87. The van der Waals surface area contributed by atoms with Crippen LogP contribution >= 0.6 is 0 Å². The number of nitriles is 1. The highest BCUT2D eigenvalue weighted by atomic mass is 16.5. The molecule has 19 heavy (non-hydrogen) atoms. The predicted octanol–water partition coefficient (Wildman–Crippen LogP) is 2.23. The molecule has 0 unspecified atom stereocenters. The lowest BCUT2D eigenvalue weighted by molar-refractivity contribution is 0.0696. The van der Waals surface area contributed by atoms with Crippen molar-refractivity contribution < 1.29 is 14.6 Å². The van der Waals surface area contributed by atoms with Crippen LogP contribution in [-0.2, 0) is 6.61 Å². The van der Waals surface area contributed by atoms with E-state index in [4.69, 9.17) is 15.1 Å². The lowest BCUT2D eigenvalue weighted by Crippen LogP contribution is -2.01. The fraction of sp³-hybridized carbons (Fsp3) is 0.0714. The standard InChI is InChI=1S/C14H10N2O3/c15-6-10-3-1-2-4-11(10)9-19-13-5-12(14(17)18)7-16-8-13/h1-5,7-8H,9H2,(H,17,18). The molecule has 5 nitrogen and oxygen atoms in total. The summed E-state index contributed by atoms with van der Waals surface area (Å²) in [6.07, 6.45) is 2.68. The Morgan fingerprint density at radius 1 is 1.37 bits per heavy atom. The second-order valence-electron chi connectivity index (χ2n) is 3.77. The average molecular weight is 254 g/mol. The largest absolute Gasteiger partial charge is 0.487 e. The Morgan fingerprint density at radius 2 is 2.16 bits per heavy atom. The van der Waals surface area contributed by atoms with Crippen molar-refractivity contribution in [3.05, 3.63) is 59.4 Å². The maximum Gasteiger partial charge on any atom is 0.337 e. The third kappa shape index (κ3) is 3.07. The van der Waals surface area contributed by atoms with E-state index in [1.54, 1.807) is 18.2 Å². The van der Waals surface area contributed by atoms with Gasteiger partial charge in [0.1, 0.15) is 12.4 Å². The van der Waals surface area contributed by atoms with E-state index in [0.717, 1.165) is 5.56 Å². The van der Waals surface area contributed by atoms with Crippen molar-refractivity contribution in [2.75, 3.05) is 0 Å². The number of carboxylic acids is 1. The summed E-state index contributed by atoms with van der Waals surface area (Å²) < 4.78 is 5.45. The molecule has 94 valence electrons. The summed E-state index contributed by atoms with van der Waals surface area (Å²) in [5.41, 5.74) is 1.33. The number of benzene rings is 1. The SMILES string of the molecule is N#Cc1ccccc1COc1cncc(C(=O)O)c1. The van der Waals surface area contributed by atoms with Gasteiger partial charge in [0.05, 0.1) is 23.4 Å². The van der Waals surface area contributed by atoms with Crippen LogP contribution in [0.15, 0.2) is 42.7 Å². The minimum absolute atomic E-state index is 0.0612. The molecular weight excluding hydrogens is 244 g/mol. The number of nitrogens with zero attached hydrogens (tertiary/aromatic N) is 2. The number of rotatable bonds is 4. The van der Waals surface area contributed by atoms with Crippen LogP contribution in [0.1, 0.15) is 21.5 Å². The normalized spacial score (nSPS) is 9.63. The monoisotopic (exact) mass is 254 g/mol. The van der Waals surface area contributed by atoms with Gasteiger partial charge < -0.3 is 9.84 Å². The van der Waals surface area contributed by atoms with Crippen molar-refractivity contribution in [3.63, 3.8) is 0 Å². The third-order valence-corrected chi connectivity index (χ3v) is 2.49. The summed E-state index contributed by atoms with van der Waals surface area (Å²) in [5, 5.41) is 17.8. The van der Waals surface area contributed by atoms with Crippen molar-refractivity contribution in [2.24, 2.45) is 0 Å². The molecule has 5 heteroatoms. The molecule has 0 aliphatic rings. The molecule has 1 aromatic carbocycles. The van der Waals surface area contributed by atoms with Crippen molar-refractivity contribution in [3.8, 4) is 11.8 Å². The fourth-order valence-corrected chi connectivity index (χ4v) is 1.53. The third-order valence-electron chi connectivity index (χ3n) is 2.49. The van der Waals surface area contributed by atoms with Gasteiger partial charge in [-0.3, -0.25) is 4.98 Å². The maximum atomic E-state index is 10.8. The zero-order valence-corrected chi connectivity index (χ0v) is 9.91. The second kappa shape index (κ2) is 5.65. The topological polar surface area (TPSA) is 83.2 Å². The fourth-order valence-electron chi connectivity index (χ4n) is 1.53.